The van der Waals surface area contributed by atoms with Crippen LogP contribution in [0.3, 0.4) is 0 Å². The van der Waals surface area contributed by atoms with Crippen LogP contribution in [0.15, 0.2) is 12.1 Å². The summed E-state index contributed by atoms with van der Waals surface area (Å²) in [7, 11) is 0. The van der Waals surface area contributed by atoms with Gasteiger partial charge in [-0.25, -0.2) is 4.98 Å². The number of rotatable bonds is 7. The molecule has 0 aromatic carbocycles. The zero-order valence-electron chi connectivity index (χ0n) is 20.9. The van der Waals surface area contributed by atoms with Crippen molar-refractivity contribution in [2.24, 2.45) is 0 Å². The highest BCUT2D eigenvalue weighted by Crippen LogP contribution is 2.43. The molecule has 3 aliphatic heterocycles. The normalized spacial score (nSPS) is 24.9. The zero-order chi connectivity index (χ0) is 24.7. The molecule has 9 heteroatoms. The molecule has 190 valence electrons. The summed E-state index contributed by atoms with van der Waals surface area (Å²) in [5, 5.41) is 3.13. The van der Waals surface area contributed by atoms with E-state index >= 15 is 0 Å². The first-order chi connectivity index (χ1) is 16.8. The van der Waals surface area contributed by atoms with Gasteiger partial charge < -0.3 is 14.8 Å². The summed E-state index contributed by atoms with van der Waals surface area (Å²) < 4.78 is 3.27. The fourth-order valence-corrected chi connectivity index (χ4v) is 7.75. The van der Waals surface area contributed by atoms with Gasteiger partial charge in [-0.3, -0.25) is 14.5 Å². The second-order valence-electron chi connectivity index (χ2n) is 10.3. The van der Waals surface area contributed by atoms with Crippen LogP contribution in [0, 0.1) is 6.92 Å². The van der Waals surface area contributed by atoms with E-state index in [2.05, 4.69) is 21.7 Å². The van der Waals surface area contributed by atoms with Crippen molar-refractivity contribution >= 4 is 34.8 Å². The highest BCUT2D eigenvalue weighted by Gasteiger charge is 2.42. The van der Waals surface area contributed by atoms with E-state index in [4.69, 9.17) is 16.6 Å². The number of piperidine rings is 1. The largest absolute Gasteiger partial charge is 0.349 e. The molecule has 2 amide bonds. The Morgan fingerprint density at radius 2 is 1.97 bits per heavy atom. The van der Waals surface area contributed by atoms with Gasteiger partial charge in [0.15, 0.2) is 0 Å². The van der Waals surface area contributed by atoms with Gasteiger partial charge in [-0.15, -0.1) is 11.3 Å². The Hall–Kier alpha value is -1.90. The van der Waals surface area contributed by atoms with E-state index in [-0.39, 0.29) is 17.9 Å². The maximum absolute atomic E-state index is 12.2. The molecule has 2 aromatic rings. The number of nitrogens with one attached hydrogen (secondary N) is 1. The molecule has 4 atom stereocenters. The molecule has 35 heavy (non-hydrogen) atoms. The maximum atomic E-state index is 12.2. The second-order valence-corrected chi connectivity index (χ2v) is 12.0. The van der Waals surface area contributed by atoms with Crippen molar-refractivity contribution in [3.8, 4) is 0 Å². The Labute approximate surface area is 216 Å². The molecule has 2 bridgehead atoms. The lowest BCUT2D eigenvalue weighted by Crippen LogP contribution is -2.45. The predicted octanol–water partition coefficient (Wildman–Crippen LogP) is 4.64. The van der Waals surface area contributed by atoms with E-state index in [9.17, 15) is 9.59 Å². The first kappa shape index (κ1) is 24.8. The van der Waals surface area contributed by atoms with Crippen LogP contribution in [0.1, 0.15) is 86.5 Å². The molecule has 0 aliphatic carbocycles. The summed E-state index contributed by atoms with van der Waals surface area (Å²) in [4.78, 5) is 34.7. The van der Waals surface area contributed by atoms with Crippen molar-refractivity contribution < 1.29 is 9.59 Å². The minimum atomic E-state index is 0.000705. The smallest absolute Gasteiger partial charge is 0.222 e. The first-order valence-corrected chi connectivity index (χ1v) is 14.2. The third-order valence-electron chi connectivity index (χ3n) is 8.10. The van der Waals surface area contributed by atoms with E-state index in [1.807, 2.05) is 24.0 Å². The average Bonchev–Trinajstić information content (AvgIpc) is 3.47. The van der Waals surface area contributed by atoms with Gasteiger partial charge in [0.25, 0.3) is 0 Å². The molecule has 3 aliphatic rings. The van der Waals surface area contributed by atoms with Crippen molar-refractivity contribution in [1.29, 1.82) is 0 Å². The van der Waals surface area contributed by atoms with Crippen LogP contribution in [0.2, 0.25) is 4.34 Å². The second kappa shape index (κ2) is 10.2. The highest BCUT2D eigenvalue weighted by molar-refractivity contribution is 7.16. The minimum absolute atomic E-state index is 0.000705. The molecule has 0 spiro atoms. The summed E-state index contributed by atoms with van der Waals surface area (Å²) in [6, 6.07) is 5.59. The first-order valence-electron chi connectivity index (χ1n) is 13.0. The molecule has 0 saturated carbocycles. The molecule has 5 rings (SSSR count). The summed E-state index contributed by atoms with van der Waals surface area (Å²) >= 11 is 7.73. The van der Waals surface area contributed by atoms with Crippen molar-refractivity contribution in [1.82, 2.24) is 24.7 Å². The van der Waals surface area contributed by atoms with Crippen molar-refractivity contribution in [3.63, 3.8) is 0 Å². The third-order valence-corrected chi connectivity index (χ3v) is 9.44. The summed E-state index contributed by atoms with van der Waals surface area (Å²) in [5.74, 6) is 1.32. The number of imidazole rings is 1. The van der Waals surface area contributed by atoms with Gasteiger partial charge in [0, 0.05) is 61.6 Å². The number of halogens is 1. The summed E-state index contributed by atoms with van der Waals surface area (Å²) in [6.07, 6.45) is 7.13. The van der Waals surface area contributed by atoms with E-state index < -0.39 is 0 Å². The van der Waals surface area contributed by atoms with E-state index in [1.54, 1.807) is 18.3 Å². The van der Waals surface area contributed by atoms with Crippen molar-refractivity contribution in [2.75, 3.05) is 13.1 Å². The van der Waals surface area contributed by atoms with Crippen LogP contribution in [0.4, 0.5) is 0 Å². The molecule has 7 nitrogen and oxygen atoms in total. The fourth-order valence-electron chi connectivity index (χ4n) is 6.61. The molecule has 1 N–H and O–H groups in total. The Morgan fingerprint density at radius 1 is 1.23 bits per heavy atom. The molecular formula is C26H36ClN5O2S. The summed E-state index contributed by atoms with van der Waals surface area (Å²) in [5.41, 5.74) is 2.44. The van der Waals surface area contributed by atoms with Gasteiger partial charge in [-0.05, 0) is 51.2 Å². The molecule has 2 aromatic heterocycles. The van der Waals surface area contributed by atoms with Gasteiger partial charge in [-0.2, -0.15) is 0 Å². The Morgan fingerprint density at radius 3 is 2.60 bits per heavy atom. The molecule has 2 fully saturated rings. The van der Waals surface area contributed by atoms with Gasteiger partial charge in [0.05, 0.1) is 22.6 Å². The maximum Gasteiger partial charge on any atom is 0.222 e. The number of carbonyl (C=O) groups is 2. The number of nitrogens with zero attached hydrogens (tertiary/aromatic N) is 4. The minimum Gasteiger partial charge on any atom is -0.349 e. The lowest BCUT2D eigenvalue weighted by Gasteiger charge is -2.41. The van der Waals surface area contributed by atoms with Crippen LogP contribution >= 0.6 is 22.9 Å². The topological polar surface area (TPSA) is 70.5 Å². The number of carbonyl (C=O) groups excluding carboxylic acids is 2. The number of hydrogen-bond acceptors (Lipinski definition) is 5. The van der Waals surface area contributed by atoms with Gasteiger partial charge in [0.1, 0.15) is 5.82 Å². The van der Waals surface area contributed by atoms with Crippen LogP contribution in [-0.2, 0) is 22.6 Å². The number of amides is 2. The van der Waals surface area contributed by atoms with Crippen molar-refractivity contribution in [2.45, 2.75) is 96.4 Å². The SMILES string of the molecule is CCC(=O)N1CCc2c(nc(C)n2[C@H]2C[C@H]3CC[C@@H](C2)N3CC[C@H](NC(C)=O)c2ccc(Cl)s2)C1. The quantitative estimate of drug-likeness (QED) is 0.581. The predicted molar refractivity (Wildman–Crippen MR) is 139 cm³/mol. The number of hydrogen-bond donors (Lipinski definition) is 1. The van der Waals surface area contributed by atoms with Crippen LogP contribution in [0.25, 0.3) is 0 Å². The lowest BCUT2D eigenvalue weighted by atomic mass is 9.95. The molecule has 2 saturated heterocycles. The fraction of sp³-hybridized carbons (Fsp3) is 0.654. The number of aryl methyl sites for hydroxylation is 1. The molecule has 0 radical (unpaired) electrons. The molecule has 0 unspecified atom stereocenters. The number of fused-ring (bicyclic) bond motifs is 3. The number of aromatic nitrogens is 2. The van der Waals surface area contributed by atoms with Gasteiger partial charge in [0.2, 0.25) is 11.8 Å². The van der Waals surface area contributed by atoms with Crippen LogP contribution < -0.4 is 5.32 Å². The monoisotopic (exact) mass is 517 g/mol. The van der Waals surface area contributed by atoms with E-state index in [0.717, 1.165) is 59.5 Å². The van der Waals surface area contributed by atoms with Crippen molar-refractivity contribution in [3.05, 3.63) is 38.6 Å². The Bertz CT molecular complexity index is 1080. The highest BCUT2D eigenvalue weighted by atomic mass is 35.5. The van der Waals surface area contributed by atoms with Gasteiger partial charge >= 0.3 is 0 Å². The van der Waals surface area contributed by atoms with E-state index in [0.29, 0.717) is 31.1 Å². The standard InChI is InChI=1S/C26H36ClN5O2S/c1-4-26(34)30-11-10-23-22(15-30)28-16(2)32(23)20-13-18-5-6-19(14-20)31(18)12-9-21(29-17(3)33)24-7-8-25(27)35-24/h7-8,18-21H,4-6,9-15H2,1-3H3,(H,29,33)/t18-,19+,20+,21-/m0/s1. The Balaban J connectivity index is 1.26. The van der Waals surface area contributed by atoms with Crippen LogP contribution in [0.5, 0.6) is 0 Å². The molecule has 5 heterocycles. The summed E-state index contributed by atoms with van der Waals surface area (Å²) in [6.45, 7) is 8.08. The third kappa shape index (κ3) is 5.02. The molecular weight excluding hydrogens is 482 g/mol. The lowest BCUT2D eigenvalue weighted by molar-refractivity contribution is -0.131. The number of thiophene rings is 1. The van der Waals surface area contributed by atoms with E-state index in [1.165, 1.54) is 18.5 Å². The Kier molecular flexibility index (Phi) is 7.24. The van der Waals surface area contributed by atoms with Gasteiger partial charge in [-0.1, -0.05) is 18.5 Å². The zero-order valence-corrected chi connectivity index (χ0v) is 22.5. The average molecular weight is 518 g/mol. The van der Waals surface area contributed by atoms with Crippen LogP contribution in [-0.4, -0.2) is 56.3 Å².